The molecule has 1 amide bonds. The minimum atomic E-state index is -0.600. The number of benzene rings is 2. The summed E-state index contributed by atoms with van der Waals surface area (Å²) in [6, 6.07) is 14.3. The zero-order chi connectivity index (χ0) is 18.5. The Bertz CT molecular complexity index is 918. The minimum Gasteiger partial charge on any atom is -0.344 e. The number of fused-ring (bicyclic) bond motifs is 3. The van der Waals surface area contributed by atoms with Gasteiger partial charge in [0, 0.05) is 29.1 Å². The molecule has 0 aromatic heterocycles. The minimum absolute atomic E-state index is 0.0858. The molecule has 2 heterocycles. The molecule has 0 bridgehead atoms. The van der Waals surface area contributed by atoms with E-state index in [0.717, 1.165) is 5.56 Å². The third-order valence-corrected chi connectivity index (χ3v) is 6.14. The fraction of sp³-hybridized carbons (Fsp3) is 0.318. The van der Waals surface area contributed by atoms with Gasteiger partial charge in [-0.2, -0.15) is 0 Å². The lowest BCUT2D eigenvalue weighted by atomic mass is 9.74. The molecule has 2 aromatic carbocycles. The zero-order valence-electron chi connectivity index (χ0n) is 15.3. The molecule has 134 valence electrons. The van der Waals surface area contributed by atoms with E-state index in [1.54, 1.807) is 0 Å². The molecule has 2 aromatic rings. The Hall–Kier alpha value is -2.26. The van der Waals surface area contributed by atoms with Crippen molar-refractivity contribution >= 4 is 29.3 Å². The van der Waals surface area contributed by atoms with E-state index in [1.165, 1.54) is 16.8 Å². The van der Waals surface area contributed by atoms with Crippen molar-refractivity contribution in [3.63, 3.8) is 0 Å². The Balaban J connectivity index is 1.88. The maximum atomic E-state index is 12.4. The van der Waals surface area contributed by atoms with E-state index < -0.39 is 5.66 Å². The van der Waals surface area contributed by atoms with E-state index in [4.69, 9.17) is 11.6 Å². The number of nitrogens with zero attached hydrogens (tertiary/aromatic N) is 1. The first-order valence-corrected chi connectivity index (χ1v) is 9.36. The van der Waals surface area contributed by atoms with Crippen molar-refractivity contribution in [2.75, 3.05) is 11.4 Å². The third-order valence-electron chi connectivity index (χ3n) is 5.80. The van der Waals surface area contributed by atoms with Crippen molar-refractivity contribution in [2.45, 2.75) is 38.3 Å². The number of amides is 1. The first-order chi connectivity index (χ1) is 12.3. The van der Waals surface area contributed by atoms with Crippen LogP contribution in [0.2, 0.25) is 5.02 Å². The highest BCUT2D eigenvalue weighted by molar-refractivity contribution is 6.32. The molecule has 1 N–H and O–H groups in total. The first kappa shape index (κ1) is 17.2. The highest BCUT2D eigenvalue weighted by Gasteiger charge is 2.57. The van der Waals surface area contributed by atoms with Crippen LogP contribution in [-0.4, -0.2) is 18.1 Å². The molecule has 1 fully saturated rings. The number of hydrogen-bond acceptors (Lipinski definition) is 2. The van der Waals surface area contributed by atoms with Gasteiger partial charge in [0.1, 0.15) is 5.66 Å². The number of halogens is 1. The fourth-order valence-electron chi connectivity index (χ4n) is 4.29. The molecule has 4 rings (SSSR count). The second-order valence-corrected chi connectivity index (χ2v) is 8.12. The second kappa shape index (κ2) is 5.88. The summed E-state index contributed by atoms with van der Waals surface area (Å²) < 4.78 is 0. The average Bonchev–Trinajstić information content (AvgIpc) is 2.79. The number of nitrogens with one attached hydrogen (secondary N) is 1. The van der Waals surface area contributed by atoms with E-state index in [2.05, 4.69) is 55.3 Å². The normalized spacial score (nSPS) is 23.7. The van der Waals surface area contributed by atoms with E-state index in [9.17, 15) is 4.79 Å². The molecule has 0 aliphatic carbocycles. The predicted octanol–water partition coefficient (Wildman–Crippen LogP) is 4.68. The van der Waals surface area contributed by atoms with Crippen LogP contribution in [-0.2, 0) is 10.2 Å². The Morgan fingerprint density at radius 2 is 1.96 bits per heavy atom. The molecular weight excluding hydrogens is 344 g/mol. The van der Waals surface area contributed by atoms with Crippen LogP contribution < -0.4 is 10.2 Å². The number of hydrogen-bond donors (Lipinski definition) is 1. The quantitative estimate of drug-likeness (QED) is 0.837. The number of carbonyl (C=O) groups excluding carboxylic acids is 1. The van der Waals surface area contributed by atoms with Crippen LogP contribution >= 0.6 is 11.6 Å². The lowest BCUT2D eigenvalue weighted by Gasteiger charge is -2.49. The summed E-state index contributed by atoms with van der Waals surface area (Å²) in [6.07, 6.45) is 4.65. The third kappa shape index (κ3) is 2.38. The largest absolute Gasteiger partial charge is 0.344 e. The molecule has 0 saturated carbocycles. The van der Waals surface area contributed by atoms with Gasteiger partial charge in [-0.1, -0.05) is 67.4 Å². The molecule has 3 nitrogen and oxygen atoms in total. The Labute approximate surface area is 159 Å². The molecule has 2 aliphatic rings. The van der Waals surface area contributed by atoms with Gasteiger partial charge in [0.05, 0.1) is 0 Å². The summed E-state index contributed by atoms with van der Waals surface area (Å²) in [6.45, 7) is 7.22. The second-order valence-electron chi connectivity index (χ2n) is 7.72. The van der Waals surface area contributed by atoms with Crippen molar-refractivity contribution in [3.05, 3.63) is 70.3 Å². The van der Waals surface area contributed by atoms with Crippen LogP contribution in [0, 0.1) is 6.92 Å². The van der Waals surface area contributed by atoms with Crippen LogP contribution in [0.15, 0.2) is 48.5 Å². The van der Waals surface area contributed by atoms with Crippen LogP contribution in [0.5, 0.6) is 0 Å². The predicted molar refractivity (Wildman–Crippen MR) is 108 cm³/mol. The van der Waals surface area contributed by atoms with Gasteiger partial charge in [0.25, 0.3) is 0 Å². The maximum Gasteiger partial charge on any atom is 0.223 e. The zero-order valence-corrected chi connectivity index (χ0v) is 16.1. The van der Waals surface area contributed by atoms with E-state index in [0.29, 0.717) is 18.0 Å². The molecule has 0 radical (unpaired) electrons. The van der Waals surface area contributed by atoms with Crippen LogP contribution in [0.4, 0.5) is 5.69 Å². The van der Waals surface area contributed by atoms with Gasteiger partial charge < -0.3 is 10.2 Å². The molecule has 1 atom stereocenters. The first-order valence-electron chi connectivity index (χ1n) is 8.99. The molecule has 26 heavy (non-hydrogen) atoms. The smallest absolute Gasteiger partial charge is 0.223 e. The highest BCUT2D eigenvalue weighted by Crippen LogP contribution is 2.52. The highest BCUT2D eigenvalue weighted by atomic mass is 35.5. The summed E-state index contributed by atoms with van der Waals surface area (Å²) in [5, 5.41) is 4.00. The number of aryl methyl sites for hydroxylation is 1. The van der Waals surface area contributed by atoms with Gasteiger partial charge in [-0.25, -0.2) is 0 Å². The van der Waals surface area contributed by atoms with E-state index in [-0.39, 0.29) is 11.3 Å². The SMILES string of the molecule is Cc1ccc2c(c1)C(C)(C)C1(/C=C/c3ccccc3Cl)NC(=O)CCN21. The van der Waals surface area contributed by atoms with Crippen molar-refractivity contribution in [2.24, 2.45) is 0 Å². The molecule has 1 unspecified atom stereocenters. The molecule has 4 heteroatoms. The summed E-state index contributed by atoms with van der Waals surface area (Å²) in [7, 11) is 0. The van der Waals surface area contributed by atoms with Gasteiger partial charge in [0.2, 0.25) is 5.91 Å². The lowest BCUT2D eigenvalue weighted by Crippen LogP contribution is -2.68. The topological polar surface area (TPSA) is 32.3 Å². The standard InChI is InChI=1S/C22H23ClN2O/c1-15-8-9-19-17(14-15)21(2,3)22(24-20(26)11-13-25(19)22)12-10-16-6-4-5-7-18(16)23/h4-10,12,14H,11,13H2,1-3H3,(H,24,26)/b12-10+. The van der Waals surface area contributed by atoms with Crippen molar-refractivity contribution in [1.29, 1.82) is 0 Å². The number of carbonyl (C=O) groups is 1. The fourth-order valence-corrected chi connectivity index (χ4v) is 4.49. The van der Waals surface area contributed by atoms with Gasteiger partial charge >= 0.3 is 0 Å². The Morgan fingerprint density at radius 3 is 2.73 bits per heavy atom. The van der Waals surface area contributed by atoms with E-state index in [1.807, 2.05) is 30.3 Å². The lowest BCUT2D eigenvalue weighted by molar-refractivity contribution is -0.124. The van der Waals surface area contributed by atoms with E-state index >= 15 is 0 Å². The van der Waals surface area contributed by atoms with Crippen molar-refractivity contribution in [1.82, 2.24) is 5.32 Å². The monoisotopic (exact) mass is 366 g/mol. The van der Waals surface area contributed by atoms with Gasteiger partial charge in [-0.05, 0) is 36.3 Å². The Kier molecular flexibility index (Phi) is 3.89. The van der Waals surface area contributed by atoms with Crippen LogP contribution in [0.3, 0.4) is 0 Å². The van der Waals surface area contributed by atoms with Crippen LogP contribution in [0.25, 0.3) is 6.08 Å². The molecular formula is C22H23ClN2O. The number of anilines is 1. The molecule has 1 saturated heterocycles. The summed E-state index contributed by atoms with van der Waals surface area (Å²) in [5.41, 5.74) is 3.77. The summed E-state index contributed by atoms with van der Waals surface area (Å²) >= 11 is 6.34. The van der Waals surface area contributed by atoms with Crippen LogP contribution in [0.1, 0.15) is 37.0 Å². The number of rotatable bonds is 2. The Morgan fingerprint density at radius 1 is 1.19 bits per heavy atom. The van der Waals surface area contributed by atoms with Gasteiger partial charge in [0.15, 0.2) is 0 Å². The maximum absolute atomic E-state index is 12.4. The molecule has 2 aliphatic heterocycles. The average molecular weight is 367 g/mol. The van der Waals surface area contributed by atoms with Crippen molar-refractivity contribution < 1.29 is 4.79 Å². The van der Waals surface area contributed by atoms with Gasteiger partial charge in [-0.15, -0.1) is 0 Å². The summed E-state index contributed by atoms with van der Waals surface area (Å²) in [5.74, 6) is 0.0858. The molecule has 0 spiro atoms. The van der Waals surface area contributed by atoms with Gasteiger partial charge in [-0.3, -0.25) is 4.79 Å². The summed E-state index contributed by atoms with van der Waals surface area (Å²) in [4.78, 5) is 14.7. The van der Waals surface area contributed by atoms with Crippen molar-refractivity contribution in [3.8, 4) is 0 Å².